The number of Topliss-reactive ketones (excluding diaryl/α,β-unsaturated/α-hetero) is 1. The number of allylic oxidation sites excluding steroid dienone is 1. The zero-order valence-electron chi connectivity index (χ0n) is 17.3. The molecule has 0 aliphatic carbocycles. The van der Waals surface area contributed by atoms with Crippen molar-refractivity contribution in [1.82, 2.24) is 9.29 Å². The third-order valence-electron chi connectivity index (χ3n) is 5.06. The van der Waals surface area contributed by atoms with E-state index in [4.69, 9.17) is 9.47 Å². The molecular formula is C23H20N2O6S. The first-order valence-electron chi connectivity index (χ1n) is 9.59. The maximum absolute atomic E-state index is 13.5. The number of carbonyl (C=O) groups is 1. The molecule has 2 heterocycles. The lowest BCUT2D eigenvalue weighted by Crippen LogP contribution is -2.38. The molecule has 0 saturated carbocycles. The van der Waals surface area contributed by atoms with Crippen molar-refractivity contribution in [2.45, 2.75) is 11.4 Å². The number of ether oxygens (including phenoxy) is 2. The SMILES string of the molecule is COc1cc(/C=C2\C(=O)c3ccccc3S(=O)(=O)N2Cc2cccnc2)cc(OC)c1O. The first-order valence-corrected chi connectivity index (χ1v) is 11.0. The summed E-state index contributed by atoms with van der Waals surface area (Å²) in [6, 6.07) is 12.5. The van der Waals surface area contributed by atoms with Crippen LogP contribution < -0.4 is 9.47 Å². The van der Waals surface area contributed by atoms with Crippen molar-refractivity contribution < 1.29 is 27.8 Å². The van der Waals surface area contributed by atoms with Crippen LogP contribution in [0.2, 0.25) is 0 Å². The number of fused-ring (bicyclic) bond motifs is 1. The van der Waals surface area contributed by atoms with E-state index in [-0.39, 0.29) is 39.9 Å². The number of phenolic OH excluding ortho intramolecular Hbond substituents is 1. The Morgan fingerprint density at radius 2 is 1.75 bits per heavy atom. The van der Waals surface area contributed by atoms with E-state index < -0.39 is 15.8 Å². The summed E-state index contributed by atoms with van der Waals surface area (Å²) in [5, 5.41) is 10.2. The van der Waals surface area contributed by atoms with Crippen molar-refractivity contribution in [3.8, 4) is 17.2 Å². The number of hydrogen-bond acceptors (Lipinski definition) is 7. The van der Waals surface area contributed by atoms with Gasteiger partial charge in [0.05, 0.1) is 25.7 Å². The van der Waals surface area contributed by atoms with Gasteiger partial charge in [0.1, 0.15) is 5.70 Å². The molecule has 9 heteroatoms. The van der Waals surface area contributed by atoms with E-state index in [0.717, 1.165) is 4.31 Å². The Balaban J connectivity index is 1.93. The number of benzene rings is 2. The summed E-state index contributed by atoms with van der Waals surface area (Å²) in [6.07, 6.45) is 4.57. The number of nitrogens with zero attached hydrogens (tertiary/aromatic N) is 2. The maximum atomic E-state index is 13.5. The molecule has 0 spiro atoms. The molecule has 0 atom stereocenters. The molecule has 32 heavy (non-hydrogen) atoms. The van der Waals surface area contributed by atoms with Gasteiger partial charge in [-0.2, -0.15) is 0 Å². The van der Waals surface area contributed by atoms with Crippen molar-refractivity contribution in [1.29, 1.82) is 0 Å². The van der Waals surface area contributed by atoms with Gasteiger partial charge < -0.3 is 14.6 Å². The predicted molar refractivity (Wildman–Crippen MR) is 117 cm³/mol. The number of ketones is 1. The number of rotatable bonds is 5. The van der Waals surface area contributed by atoms with Gasteiger partial charge in [0.15, 0.2) is 11.5 Å². The van der Waals surface area contributed by atoms with Crippen LogP contribution in [0, 0.1) is 0 Å². The molecule has 8 nitrogen and oxygen atoms in total. The van der Waals surface area contributed by atoms with Crippen LogP contribution in [0.25, 0.3) is 6.08 Å². The van der Waals surface area contributed by atoms with Crippen molar-refractivity contribution in [3.05, 3.63) is 83.3 Å². The highest BCUT2D eigenvalue weighted by atomic mass is 32.2. The van der Waals surface area contributed by atoms with Gasteiger partial charge in [-0.1, -0.05) is 18.2 Å². The second kappa shape index (κ2) is 8.35. The fourth-order valence-electron chi connectivity index (χ4n) is 3.50. The zero-order valence-corrected chi connectivity index (χ0v) is 18.2. The highest BCUT2D eigenvalue weighted by Gasteiger charge is 2.39. The number of pyridine rings is 1. The molecule has 1 aliphatic rings. The fraction of sp³-hybridized carbons (Fsp3) is 0.130. The van der Waals surface area contributed by atoms with Crippen molar-refractivity contribution >= 4 is 21.9 Å². The number of hydrogen-bond donors (Lipinski definition) is 1. The van der Waals surface area contributed by atoms with E-state index in [9.17, 15) is 18.3 Å². The average molecular weight is 452 g/mol. The topological polar surface area (TPSA) is 106 Å². The van der Waals surface area contributed by atoms with E-state index in [0.29, 0.717) is 11.1 Å². The highest BCUT2D eigenvalue weighted by Crippen LogP contribution is 2.39. The Hall–Kier alpha value is -3.85. The number of carbonyl (C=O) groups excluding carboxylic acids is 1. The third kappa shape index (κ3) is 3.67. The lowest BCUT2D eigenvalue weighted by molar-refractivity contribution is 0.100. The van der Waals surface area contributed by atoms with Crippen molar-refractivity contribution in [2.24, 2.45) is 0 Å². The molecular weight excluding hydrogens is 432 g/mol. The summed E-state index contributed by atoms with van der Waals surface area (Å²) in [5.74, 6) is -0.384. The lowest BCUT2D eigenvalue weighted by Gasteiger charge is -2.31. The smallest absolute Gasteiger partial charge is 0.265 e. The minimum Gasteiger partial charge on any atom is -0.502 e. The number of aromatic hydroxyl groups is 1. The lowest BCUT2D eigenvalue weighted by atomic mass is 10.0. The van der Waals surface area contributed by atoms with Crippen LogP contribution in [-0.2, 0) is 16.6 Å². The Bertz CT molecular complexity index is 1290. The van der Waals surface area contributed by atoms with Gasteiger partial charge in [0.25, 0.3) is 10.0 Å². The molecule has 164 valence electrons. The molecule has 0 unspecified atom stereocenters. The summed E-state index contributed by atoms with van der Waals surface area (Å²) in [6.45, 7) is -0.0750. The highest BCUT2D eigenvalue weighted by molar-refractivity contribution is 7.89. The second-order valence-electron chi connectivity index (χ2n) is 7.00. The normalized spacial score (nSPS) is 16.0. The fourth-order valence-corrected chi connectivity index (χ4v) is 5.14. The molecule has 0 bridgehead atoms. The van der Waals surface area contributed by atoms with Gasteiger partial charge >= 0.3 is 0 Å². The number of methoxy groups -OCH3 is 2. The largest absolute Gasteiger partial charge is 0.502 e. The van der Waals surface area contributed by atoms with E-state index in [2.05, 4.69) is 4.98 Å². The van der Waals surface area contributed by atoms with E-state index in [1.807, 2.05) is 0 Å². The minimum absolute atomic E-state index is 0.0395. The van der Waals surface area contributed by atoms with Gasteiger partial charge in [-0.3, -0.25) is 14.1 Å². The number of sulfonamides is 1. The Labute approximate surface area is 185 Å². The average Bonchev–Trinajstić information content (AvgIpc) is 2.81. The molecule has 0 radical (unpaired) electrons. The summed E-state index contributed by atoms with van der Waals surface area (Å²) in [5.41, 5.74) is 1.10. The Morgan fingerprint density at radius 1 is 1.06 bits per heavy atom. The van der Waals surface area contributed by atoms with Gasteiger partial charge in [-0.25, -0.2) is 8.42 Å². The summed E-state index contributed by atoms with van der Waals surface area (Å²) < 4.78 is 38.4. The molecule has 0 fully saturated rings. The Kier molecular flexibility index (Phi) is 5.58. The summed E-state index contributed by atoms with van der Waals surface area (Å²) >= 11 is 0. The molecule has 0 saturated heterocycles. The van der Waals surface area contributed by atoms with Gasteiger partial charge in [0, 0.05) is 18.0 Å². The van der Waals surface area contributed by atoms with Crippen LogP contribution in [0.3, 0.4) is 0 Å². The van der Waals surface area contributed by atoms with Crippen LogP contribution in [0.1, 0.15) is 21.5 Å². The minimum atomic E-state index is -4.02. The summed E-state index contributed by atoms with van der Waals surface area (Å²) in [7, 11) is -1.26. The van der Waals surface area contributed by atoms with E-state index >= 15 is 0 Å². The quantitative estimate of drug-likeness (QED) is 0.593. The van der Waals surface area contributed by atoms with E-state index in [1.165, 1.54) is 44.6 Å². The van der Waals surface area contributed by atoms with Gasteiger partial charge in [-0.05, 0) is 47.5 Å². The second-order valence-corrected chi connectivity index (χ2v) is 8.83. The van der Waals surface area contributed by atoms with Crippen molar-refractivity contribution in [3.63, 3.8) is 0 Å². The molecule has 0 amide bonds. The third-order valence-corrected chi connectivity index (χ3v) is 6.87. The molecule has 1 aliphatic heterocycles. The molecule has 3 aromatic rings. The molecule has 1 N–H and O–H groups in total. The predicted octanol–water partition coefficient (Wildman–Crippen LogP) is 3.23. The standard InChI is InChI=1S/C23H20N2O6S/c1-30-19-11-16(12-20(31-2)23(19)27)10-18-22(26)17-7-3-4-8-21(17)32(28,29)25(18)14-15-6-5-9-24-13-15/h3-13,27H,14H2,1-2H3/b18-10+. The number of phenols is 1. The Morgan fingerprint density at radius 3 is 2.38 bits per heavy atom. The van der Waals surface area contributed by atoms with Gasteiger partial charge in [0.2, 0.25) is 11.5 Å². The van der Waals surface area contributed by atoms with E-state index in [1.54, 1.807) is 36.7 Å². The first-order chi connectivity index (χ1) is 15.4. The summed E-state index contributed by atoms with van der Waals surface area (Å²) in [4.78, 5) is 17.4. The first kappa shape index (κ1) is 21.4. The molecule has 4 rings (SSSR count). The van der Waals surface area contributed by atoms with Crippen molar-refractivity contribution in [2.75, 3.05) is 14.2 Å². The molecule has 1 aromatic heterocycles. The van der Waals surface area contributed by atoms with Crippen LogP contribution in [0.5, 0.6) is 17.2 Å². The van der Waals surface area contributed by atoms with Gasteiger partial charge in [-0.15, -0.1) is 0 Å². The number of aromatic nitrogens is 1. The molecule has 2 aromatic carbocycles. The monoisotopic (exact) mass is 452 g/mol. The maximum Gasteiger partial charge on any atom is 0.265 e. The van der Waals surface area contributed by atoms with Crippen LogP contribution in [0.4, 0.5) is 0 Å². The van der Waals surface area contributed by atoms with Crippen LogP contribution >= 0.6 is 0 Å². The zero-order chi connectivity index (χ0) is 22.9. The van der Waals surface area contributed by atoms with Crippen LogP contribution in [0.15, 0.2) is 71.5 Å². The van der Waals surface area contributed by atoms with Crippen LogP contribution in [-0.4, -0.2) is 42.8 Å².